The molecule has 1 aromatic carbocycles. The van der Waals surface area contributed by atoms with Crippen molar-refractivity contribution in [2.45, 2.75) is 26.4 Å². The SMILES string of the molecule is CC(C)n1cc(C(=S)NCc2ccc(Cl)cc2)c(=S)c2cc(I)sc21. The molecule has 7 heteroatoms. The van der Waals surface area contributed by atoms with Gasteiger partial charge in [0.25, 0.3) is 0 Å². The Labute approximate surface area is 180 Å². The van der Waals surface area contributed by atoms with Crippen LogP contribution < -0.4 is 5.32 Å². The van der Waals surface area contributed by atoms with E-state index in [9.17, 15) is 0 Å². The summed E-state index contributed by atoms with van der Waals surface area (Å²) in [7, 11) is 0. The molecule has 3 aromatic rings. The number of halogens is 2. The highest BCUT2D eigenvalue weighted by molar-refractivity contribution is 14.1. The molecule has 3 rings (SSSR count). The number of fused-ring (bicyclic) bond motifs is 1. The van der Waals surface area contributed by atoms with Crippen LogP contribution in [0.2, 0.25) is 5.02 Å². The zero-order valence-corrected chi connectivity index (χ0v) is 19.0. The minimum absolute atomic E-state index is 0.338. The van der Waals surface area contributed by atoms with E-state index in [-0.39, 0.29) is 0 Å². The molecule has 0 saturated carbocycles. The van der Waals surface area contributed by atoms with Gasteiger partial charge in [0.15, 0.2) is 0 Å². The Morgan fingerprint density at radius 2 is 2.00 bits per heavy atom. The number of hydrogen-bond acceptors (Lipinski definition) is 3. The van der Waals surface area contributed by atoms with Crippen molar-refractivity contribution in [1.29, 1.82) is 0 Å². The summed E-state index contributed by atoms with van der Waals surface area (Å²) in [4.78, 5) is 1.88. The first-order chi connectivity index (χ1) is 11.9. The highest BCUT2D eigenvalue weighted by atomic mass is 127. The Hall–Kier alpha value is -0.540. The maximum absolute atomic E-state index is 5.93. The topological polar surface area (TPSA) is 17.0 Å². The molecule has 0 saturated heterocycles. The van der Waals surface area contributed by atoms with Gasteiger partial charge in [-0.3, -0.25) is 0 Å². The predicted molar refractivity (Wildman–Crippen MR) is 124 cm³/mol. The molecule has 0 bridgehead atoms. The standard InChI is InChI=1S/C18H16ClIN2S3/c1-10(2)22-9-14(16(23)13-7-15(20)25-18(13)22)17(24)21-8-11-3-5-12(19)6-4-11/h3-7,9-10H,8H2,1-2H3,(H,21,24). The van der Waals surface area contributed by atoms with E-state index < -0.39 is 0 Å². The van der Waals surface area contributed by atoms with Crippen LogP contribution in [0.5, 0.6) is 0 Å². The number of thiocarbonyl (C=S) groups is 1. The van der Waals surface area contributed by atoms with E-state index in [1.165, 1.54) is 7.71 Å². The van der Waals surface area contributed by atoms with Crippen molar-refractivity contribution >= 4 is 85.2 Å². The number of nitrogens with zero attached hydrogens (tertiary/aromatic N) is 1. The molecule has 0 fully saturated rings. The van der Waals surface area contributed by atoms with Gasteiger partial charge < -0.3 is 9.88 Å². The van der Waals surface area contributed by atoms with E-state index in [2.05, 4.69) is 58.6 Å². The van der Waals surface area contributed by atoms with Gasteiger partial charge in [0.1, 0.15) is 9.82 Å². The molecule has 0 unspecified atom stereocenters. The number of thiophene rings is 1. The highest BCUT2D eigenvalue weighted by Gasteiger charge is 2.14. The monoisotopic (exact) mass is 518 g/mol. The fourth-order valence-electron chi connectivity index (χ4n) is 2.53. The molecule has 2 nitrogen and oxygen atoms in total. The van der Waals surface area contributed by atoms with Gasteiger partial charge in [0.05, 0.1) is 7.39 Å². The van der Waals surface area contributed by atoms with Gasteiger partial charge in [-0.25, -0.2) is 0 Å². The summed E-state index contributed by atoms with van der Waals surface area (Å²) >= 11 is 21.4. The summed E-state index contributed by atoms with van der Waals surface area (Å²) in [5, 5.41) is 5.16. The van der Waals surface area contributed by atoms with Crippen LogP contribution in [-0.2, 0) is 6.54 Å². The Morgan fingerprint density at radius 3 is 2.64 bits per heavy atom. The Balaban J connectivity index is 1.94. The van der Waals surface area contributed by atoms with Gasteiger partial charge in [0.2, 0.25) is 0 Å². The van der Waals surface area contributed by atoms with Crippen molar-refractivity contribution < 1.29 is 0 Å². The van der Waals surface area contributed by atoms with Gasteiger partial charge >= 0.3 is 0 Å². The van der Waals surface area contributed by atoms with Gasteiger partial charge in [0, 0.05) is 34.8 Å². The molecule has 1 N–H and O–H groups in total. The number of rotatable bonds is 4. The molecule has 130 valence electrons. The van der Waals surface area contributed by atoms with Crippen LogP contribution in [0, 0.1) is 7.39 Å². The maximum Gasteiger partial charge on any atom is 0.109 e. The van der Waals surface area contributed by atoms with E-state index in [1.807, 2.05) is 24.3 Å². The number of hydrogen-bond donors (Lipinski definition) is 1. The lowest BCUT2D eigenvalue weighted by Crippen LogP contribution is -2.23. The van der Waals surface area contributed by atoms with Crippen LogP contribution in [0.3, 0.4) is 0 Å². The quantitative estimate of drug-likeness (QED) is 0.305. The normalized spacial score (nSPS) is 11.2. The average molecular weight is 519 g/mol. The summed E-state index contributed by atoms with van der Waals surface area (Å²) in [6.45, 7) is 4.98. The predicted octanol–water partition coefficient (Wildman–Crippen LogP) is 6.74. The fourth-order valence-corrected chi connectivity index (χ4v) is 5.26. The minimum Gasteiger partial charge on any atom is -0.372 e. The second-order valence-electron chi connectivity index (χ2n) is 5.95. The van der Waals surface area contributed by atoms with Crippen molar-refractivity contribution in [3.63, 3.8) is 0 Å². The van der Waals surface area contributed by atoms with Gasteiger partial charge in [-0.15, -0.1) is 11.3 Å². The number of nitrogens with one attached hydrogen (secondary N) is 1. The van der Waals surface area contributed by atoms with Crippen molar-refractivity contribution in [3.8, 4) is 0 Å². The highest BCUT2D eigenvalue weighted by Crippen LogP contribution is 2.31. The second-order valence-corrected chi connectivity index (χ2v) is 10.1. The summed E-state index contributed by atoms with van der Waals surface area (Å²) < 4.78 is 4.30. The molecule has 0 atom stereocenters. The van der Waals surface area contributed by atoms with Crippen molar-refractivity contribution in [3.05, 3.63) is 60.1 Å². The van der Waals surface area contributed by atoms with Crippen LogP contribution in [0.15, 0.2) is 36.5 Å². The van der Waals surface area contributed by atoms with E-state index in [0.717, 1.165) is 26.0 Å². The third-order valence-corrected chi connectivity index (χ3v) is 6.81. The van der Waals surface area contributed by atoms with Crippen LogP contribution in [0.4, 0.5) is 0 Å². The van der Waals surface area contributed by atoms with Crippen molar-refractivity contribution in [2.24, 2.45) is 0 Å². The summed E-state index contributed by atoms with van der Waals surface area (Å²) in [6, 6.07) is 10.2. The van der Waals surface area contributed by atoms with Crippen LogP contribution in [-0.4, -0.2) is 9.56 Å². The number of aromatic nitrogens is 1. The fraction of sp³-hybridized carbons (Fsp3) is 0.222. The van der Waals surface area contributed by atoms with Crippen LogP contribution in [0.25, 0.3) is 10.2 Å². The molecule has 0 spiro atoms. The second kappa shape index (κ2) is 8.00. The minimum atomic E-state index is 0.338. The third-order valence-electron chi connectivity index (χ3n) is 3.84. The molecule has 0 radical (unpaired) electrons. The Bertz CT molecular complexity index is 990. The Kier molecular flexibility index (Phi) is 6.15. The lowest BCUT2D eigenvalue weighted by Gasteiger charge is -2.16. The van der Waals surface area contributed by atoms with Crippen LogP contribution >= 0.6 is 70.0 Å². The molecule has 0 aliphatic rings. The lowest BCUT2D eigenvalue weighted by molar-refractivity contribution is 0.620. The maximum atomic E-state index is 5.93. The Morgan fingerprint density at radius 1 is 1.32 bits per heavy atom. The third kappa shape index (κ3) is 4.24. The largest absolute Gasteiger partial charge is 0.372 e. The number of benzene rings is 1. The molecule has 2 aromatic heterocycles. The summed E-state index contributed by atoms with van der Waals surface area (Å²) in [5.41, 5.74) is 2.04. The summed E-state index contributed by atoms with van der Waals surface area (Å²) in [5.74, 6) is 0. The van der Waals surface area contributed by atoms with E-state index in [4.69, 9.17) is 36.0 Å². The lowest BCUT2D eigenvalue weighted by atomic mass is 10.2. The molecule has 0 aliphatic carbocycles. The van der Waals surface area contributed by atoms with Crippen molar-refractivity contribution in [2.75, 3.05) is 0 Å². The summed E-state index contributed by atoms with van der Waals surface area (Å²) in [6.07, 6.45) is 2.08. The first-order valence-corrected chi connectivity index (χ1v) is 10.8. The van der Waals surface area contributed by atoms with Crippen molar-refractivity contribution in [1.82, 2.24) is 9.88 Å². The van der Waals surface area contributed by atoms with E-state index >= 15 is 0 Å². The molecule has 0 amide bonds. The van der Waals surface area contributed by atoms with Gasteiger partial charge in [-0.05, 0) is 60.2 Å². The van der Waals surface area contributed by atoms with E-state index in [1.54, 1.807) is 11.3 Å². The molecule has 2 heterocycles. The molecular weight excluding hydrogens is 503 g/mol. The number of pyridine rings is 1. The first-order valence-electron chi connectivity index (χ1n) is 7.73. The smallest absolute Gasteiger partial charge is 0.109 e. The van der Waals surface area contributed by atoms with Gasteiger partial charge in [-0.2, -0.15) is 0 Å². The molecule has 0 aliphatic heterocycles. The molecule has 25 heavy (non-hydrogen) atoms. The van der Waals surface area contributed by atoms with Crippen LogP contribution in [0.1, 0.15) is 31.0 Å². The van der Waals surface area contributed by atoms with E-state index in [0.29, 0.717) is 17.6 Å². The zero-order valence-electron chi connectivity index (χ0n) is 13.7. The van der Waals surface area contributed by atoms with Gasteiger partial charge in [-0.1, -0.05) is 48.2 Å². The average Bonchev–Trinajstić information content (AvgIpc) is 2.96. The zero-order chi connectivity index (χ0) is 18.1. The first kappa shape index (κ1) is 19.2. The molecular formula is C18H16ClIN2S3.